The summed E-state index contributed by atoms with van der Waals surface area (Å²) in [6.45, 7) is 2.50. The molecule has 0 aliphatic heterocycles. The van der Waals surface area contributed by atoms with Crippen molar-refractivity contribution in [2.24, 2.45) is 0 Å². The lowest BCUT2D eigenvalue weighted by Gasteiger charge is -2.10. The van der Waals surface area contributed by atoms with Gasteiger partial charge >= 0.3 is 0 Å². The Bertz CT molecular complexity index is 368. The Balaban J connectivity index is 2.50. The van der Waals surface area contributed by atoms with Crippen LogP contribution in [-0.4, -0.2) is 24.9 Å². The molecule has 94 valence electrons. The first-order chi connectivity index (χ1) is 8.17. The summed E-state index contributed by atoms with van der Waals surface area (Å²) in [5, 5.41) is 2.80. The van der Waals surface area contributed by atoms with E-state index in [2.05, 4.69) is 5.32 Å². The minimum Gasteiger partial charge on any atom is -0.496 e. The quantitative estimate of drug-likeness (QED) is 0.793. The molecule has 17 heavy (non-hydrogen) atoms. The van der Waals surface area contributed by atoms with Gasteiger partial charge in [-0.1, -0.05) is 25.1 Å². The number of nitrogens with one attached hydrogen (secondary N) is 1. The maximum atomic E-state index is 11.7. The van der Waals surface area contributed by atoms with Crippen LogP contribution >= 0.6 is 11.6 Å². The van der Waals surface area contributed by atoms with Gasteiger partial charge in [-0.3, -0.25) is 4.79 Å². The van der Waals surface area contributed by atoms with Gasteiger partial charge in [0.05, 0.1) is 18.9 Å². The molecule has 1 amide bonds. The second-order valence-electron chi connectivity index (χ2n) is 3.80. The van der Waals surface area contributed by atoms with Gasteiger partial charge in [-0.25, -0.2) is 0 Å². The zero-order valence-electron chi connectivity index (χ0n) is 10.2. The first-order valence-corrected chi connectivity index (χ1v) is 6.13. The molecule has 0 heterocycles. The van der Waals surface area contributed by atoms with Crippen LogP contribution in [0.5, 0.6) is 5.75 Å². The fraction of sp³-hybridized carbons (Fsp3) is 0.462. The van der Waals surface area contributed by atoms with Crippen molar-refractivity contribution in [3.05, 3.63) is 29.8 Å². The van der Waals surface area contributed by atoms with Crippen molar-refractivity contribution < 1.29 is 9.53 Å². The molecule has 0 spiro atoms. The Morgan fingerprint density at radius 1 is 1.47 bits per heavy atom. The number of alkyl halides is 1. The number of carbonyl (C=O) groups excluding carboxylic acids is 1. The summed E-state index contributed by atoms with van der Waals surface area (Å²) < 4.78 is 5.19. The van der Waals surface area contributed by atoms with Gasteiger partial charge in [-0.2, -0.15) is 0 Å². The van der Waals surface area contributed by atoms with Crippen molar-refractivity contribution in [3.8, 4) is 5.75 Å². The summed E-state index contributed by atoms with van der Waals surface area (Å²) in [6, 6.07) is 7.50. The second kappa shape index (κ2) is 7.17. The molecule has 4 heteroatoms. The molecular formula is C13H18ClNO2. The van der Waals surface area contributed by atoms with E-state index in [9.17, 15) is 4.79 Å². The first-order valence-electron chi connectivity index (χ1n) is 5.70. The predicted molar refractivity (Wildman–Crippen MR) is 69.6 cm³/mol. The lowest BCUT2D eigenvalue weighted by atomic mass is 10.1. The van der Waals surface area contributed by atoms with E-state index in [4.69, 9.17) is 16.3 Å². The van der Waals surface area contributed by atoms with Gasteiger partial charge < -0.3 is 10.1 Å². The van der Waals surface area contributed by atoms with E-state index in [-0.39, 0.29) is 11.3 Å². The van der Waals surface area contributed by atoms with Gasteiger partial charge in [0.25, 0.3) is 0 Å². The van der Waals surface area contributed by atoms with Gasteiger partial charge in [-0.15, -0.1) is 11.6 Å². The number of ether oxygens (including phenoxy) is 1. The minimum absolute atomic E-state index is 0.00313. The van der Waals surface area contributed by atoms with Crippen molar-refractivity contribution in [1.82, 2.24) is 5.32 Å². The number of rotatable bonds is 6. The average Bonchev–Trinajstić information content (AvgIpc) is 2.36. The fourth-order valence-corrected chi connectivity index (χ4v) is 1.53. The Hall–Kier alpha value is -1.22. The lowest BCUT2D eigenvalue weighted by Crippen LogP contribution is -2.30. The molecule has 0 saturated carbocycles. The molecule has 1 N–H and O–H groups in total. The first kappa shape index (κ1) is 13.8. The number of hydrogen-bond acceptors (Lipinski definition) is 2. The lowest BCUT2D eigenvalue weighted by molar-refractivity contribution is -0.120. The van der Waals surface area contributed by atoms with Crippen LogP contribution in [0.1, 0.15) is 18.9 Å². The van der Waals surface area contributed by atoms with Gasteiger partial charge in [0.2, 0.25) is 5.91 Å². The molecule has 0 aliphatic carbocycles. The van der Waals surface area contributed by atoms with E-state index in [1.165, 1.54) is 0 Å². The highest BCUT2D eigenvalue weighted by molar-refractivity contribution is 6.20. The number of halogens is 1. The van der Waals surface area contributed by atoms with Crippen LogP contribution < -0.4 is 10.1 Å². The highest BCUT2D eigenvalue weighted by Gasteiger charge is 2.09. The van der Waals surface area contributed by atoms with Crippen molar-refractivity contribution in [2.45, 2.75) is 25.1 Å². The predicted octanol–water partition coefficient (Wildman–Crippen LogP) is 2.37. The van der Waals surface area contributed by atoms with Crippen LogP contribution in [0.3, 0.4) is 0 Å². The maximum Gasteiger partial charge on any atom is 0.224 e. The van der Waals surface area contributed by atoms with Gasteiger partial charge in [0.15, 0.2) is 0 Å². The number of benzene rings is 1. The largest absolute Gasteiger partial charge is 0.496 e. The highest BCUT2D eigenvalue weighted by Crippen LogP contribution is 2.17. The molecule has 1 atom stereocenters. The van der Waals surface area contributed by atoms with Crippen molar-refractivity contribution in [2.75, 3.05) is 13.7 Å². The fourth-order valence-electron chi connectivity index (χ4n) is 1.45. The molecular weight excluding hydrogens is 238 g/mol. The number of methoxy groups -OCH3 is 1. The summed E-state index contributed by atoms with van der Waals surface area (Å²) >= 11 is 5.93. The minimum atomic E-state index is -0.0337. The normalized spacial score (nSPS) is 11.9. The highest BCUT2D eigenvalue weighted by atomic mass is 35.5. The maximum absolute atomic E-state index is 11.7. The zero-order chi connectivity index (χ0) is 12.7. The van der Waals surface area contributed by atoms with E-state index in [0.717, 1.165) is 17.7 Å². The zero-order valence-corrected chi connectivity index (χ0v) is 11.0. The Morgan fingerprint density at radius 3 is 2.82 bits per heavy atom. The van der Waals surface area contributed by atoms with E-state index in [1.54, 1.807) is 7.11 Å². The van der Waals surface area contributed by atoms with Crippen molar-refractivity contribution >= 4 is 17.5 Å². The van der Waals surface area contributed by atoms with Crippen molar-refractivity contribution in [3.63, 3.8) is 0 Å². The molecule has 1 unspecified atom stereocenters. The van der Waals surface area contributed by atoms with Crippen LogP contribution in [0.2, 0.25) is 0 Å². The Kier molecular flexibility index (Phi) is 5.84. The molecule has 3 nitrogen and oxygen atoms in total. The molecule has 1 aromatic rings. The monoisotopic (exact) mass is 255 g/mol. The van der Waals surface area contributed by atoms with Crippen molar-refractivity contribution in [1.29, 1.82) is 0 Å². The summed E-state index contributed by atoms with van der Waals surface area (Å²) in [4.78, 5) is 11.7. The van der Waals surface area contributed by atoms with E-state index in [0.29, 0.717) is 13.0 Å². The second-order valence-corrected chi connectivity index (χ2v) is 4.42. The summed E-state index contributed by atoms with van der Waals surface area (Å²) in [6.07, 6.45) is 1.16. The third-order valence-electron chi connectivity index (χ3n) is 2.51. The average molecular weight is 256 g/mol. The molecule has 0 fully saturated rings. The number of para-hydroxylation sites is 1. The van der Waals surface area contributed by atoms with Crippen LogP contribution in [0.15, 0.2) is 24.3 Å². The number of hydrogen-bond donors (Lipinski definition) is 1. The van der Waals surface area contributed by atoms with E-state index < -0.39 is 0 Å². The van der Waals surface area contributed by atoms with Gasteiger partial charge in [0.1, 0.15) is 5.75 Å². The molecule has 0 radical (unpaired) electrons. The molecule has 0 aromatic heterocycles. The third kappa shape index (κ3) is 4.65. The van der Waals surface area contributed by atoms with Crippen LogP contribution in [0, 0.1) is 0 Å². The number of carbonyl (C=O) groups is 1. The molecule has 0 aliphatic rings. The Labute approximate surface area is 107 Å². The van der Waals surface area contributed by atoms with Gasteiger partial charge in [0, 0.05) is 12.1 Å². The van der Waals surface area contributed by atoms with Crippen LogP contribution in [0.25, 0.3) is 0 Å². The van der Waals surface area contributed by atoms with E-state index in [1.807, 2.05) is 31.2 Å². The Morgan fingerprint density at radius 2 is 2.18 bits per heavy atom. The molecule has 1 rings (SSSR count). The summed E-state index contributed by atoms with van der Waals surface area (Å²) in [5.74, 6) is 0.703. The summed E-state index contributed by atoms with van der Waals surface area (Å²) in [7, 11) is 1.60. The standard InChI is InChI=1S/C13H18ClNO2/c1-3-11(14)9-15-13(16)8-10-6-4-5-7-12(10)17-2/h4-7,11H,3,8-9H2,1-2H3,(H,15,16). The van der Waals surface area contributed by atoms with Crippen LogP contribution in [0.4, 0.5) is 0 Å². The van der Waals surface area contributed by atoms with E-state index >= 15 is 0 Å². The molecule has 0 saturated heterocycles. The SMILES string of the molecule is CCC(Cl)CNC(=O)Cc1ccccc1OC. The van der Waals surface area contributed by atoms with Gasteiger partial charge in [-0.05, 0) is 12.5 Å². The smallest absolute Gasteiger partial charge is 0.224 e. The topological polar surface area (TPSA) is 38.3 Å². The molecule has 0 bridgehead atoms. The summed E-state index contributed by atoms with van der Waals surface area (Å²) in [5.41, 5.74) is 0.884. The number of amides is 1. The molecule has 1 aromatic carbocycles. The third-order valence-corrected chi connectivity index (χ3v) is 2.97. The van der Waals surface area contributed by atoms with Crippen LogP contribution in [-0.2, 0) is 11.2 Å².